The average molecular weight is 388 g/mol. The summed E-state index contributed by atoms with van der Waals surface area (Å²) in [4.78, 5) is 20.4. The molecule has 0 fully saturated rings. The lowest BCUT2D eigenvalue weighted by molar-refractivity contribution is 1.21. The van der Waals surface area contributed by atoms with Crippen molar-refractivity contribution >= 4 is 0 Å². The van der Waals surface area contributed by atoms with Gasteiger partial charge >= 0.3 is 0 Å². The highest BCUT2D eigenvalue weighted by molar-refractivity contribution is 5.95. The third-order valence-electron chi connectivity index (χ3n) is 4.91. The van der Waals surface area contributed by atoms with Gasteiger partial charge in [0.1, 0.15) is 0 Å². The van der Waals surface area contributed by atoms with Gasteiger partial charge in [-0.3, -0.25) is 9.78 Å². The summed E-state index contributed by atoms with van der Waals surface area (Å²) in [6.07, 6.45) is 3.53. The second-order valence-electron chi connectivity index (χ2n) is 6.65. The van der Waals surface area contributed by atoms with Gasteiger partial charge in [-0.1, -0.05) is 48.5 Å². The average Bonchev–Trinajstić information content (AvgIpc) is 2.80. The van der Waals surface area contributed by atoms with Crippen LogP contribution in [0, 0.1) is 22.7 Å². The zero-order valence-electron chi connectivity index (χ0n) is 16.0. The zero-order chi connectivity index (χ0) is 20.9. The maximum atomic E-state index is 13.1. The van der Waals surface area contributed by atoms with Crippen LogP contribution in [0.1, 0.15) is 11.1 Å². The van der Waals surface area contributed by atoms with Crippen LogP contribution in [0.15, 0.2) is 83.9 Å². The van der Waals surface area contributed by atoms with Gasteiger partial charge in [-0.15, -0.1) is 0 Å². The number of benzene rings is 2. The monoisotopic (exact) mass is 388 g/mol. The summed E-state index contributed by atoms with van der Waals surface area (Å²) in [5.41, 5.74) is 4.67. The van der Waals surface area contributed by atoms with Gasteiger partial charge in [-0.25, -0.2) is 0 Å². The molecular formula is C25H16N4O. The highest BCUT2D eigenvalue weighted by Gasteiger charge is 2.21. The standard InChI is InChI=1S/C25H16N4O/c26-13-12-17-7-1-3-9-19(17)23-21(22-11-5-6-14-28-22)16-29-25(30)24(23)20-10-4-2-8-18(20)15-27/h1-11,14,16H,12H2,(H,29,30). The Morgan fingerprint density at radius 1 is 0.833 bits per heavy atom. The highest BCUT2D eigenvalue weighted by atomic mass is 16.1. The van der Waals surface area contributed by atoms with E-state index >= 15 is 0 Å². The van der Waals surface area contributed by atoms with Gasteiger partial charge in [-0.05, 0) is 29.3 Å². The maximum Gasteiger partial charge on any atom is 0.256 e. The molecule has 0 atom stereocenters. The molecule has 0 aliphatic heterocycles. The Labute approximate surface area is 173 Å². The normalized spacial score (nSPS) is 10.2. The predicted octanol–water partition coefficient (Wildman–Crippen LogP) is 4.71. The number of nitriles is 2. The maximum absolute atomic E-state index is 13.1. The van der Waals surface area contributed by atoms with Crippen molar-refractivity contribution in [3.8, 4) is 45.6 Å². The minimum absolute atomic E-state index is 0.198. The van der Waals surface area contributed by atoms with Crippen molar-refractivity contribution in [3.05, 3.63) is 101 Å². The molecule has 0 saturated carbocycles. The van der Waals surface area contributed by atoms with Crippen LogP contribution in [0.25, 0.3) is 33.5 Å². The van der Waals surface area contributed by atoms with E-state index in [0.717, 1.165) is 16.7 Å². The first-order valence-corrected chi connectivity index (χ1v) is 9.36. The molecule has 5 heteroatoms. The summed E-state index contributed by atoms with van der Waals surface area (Å²) < 4.78 is 0. The minimum Gasteiger partial charge on any atom is -0.328 e. The van der Waals surface area contributed by atoms with Crippen LogP contribution in [0.5, 0.6) is 0 Å². The molecule has 0 amide bonds. The number of hydrogen-bond donors (Lipinski definition) is 1. The molecule has 0 saturated heterocycles. The smallest absolute Gasteiger partial charge is 0.256 e. The van der Waals surface area contributed by atoms with Crippen LogP contribution in [0.4, 0.5) is 0 Å². The molecular weight excluding hydrogens is 372 g/mol. The second kappa shape index (κ2) is 8.26. The summed E-state index contributed by atoms with van der Waals surface area (Å²) >= 11 is 0. The van der Waals surface area contributed by atoms with Gasteiger partial charge in [0.05, 0.1) is 35.4 Å². The first kappa shape index (κ1) is 18.9. The van der Waals surface area contributed by atoms with Gasteiger partial charge in [0.25, 0.3) is 5.56 Å². The summed E-state index contributed by atoms with van der Waals surface area (Å²) in [5.74, 6) is 0. The second-order valence-corrected chi connectivity index (χ2v) is 6.65. The number of nitrogens with zero attached hydrogens (tertiary/aromatic N) is 3. The van der Waals surface area contributed by atoms with E-state index in [1.165, 1.54) is 0 Å². The molecule has 0 unspecified atom stereocenters. The molecule has 4 aromatic rings. The first-order chi connectivity index (χ1) is 14.7. The van der Waals surface area contributed by atoms with E-state index in [-0.39, 0.29) is 12.0 Å². The number of pyridine rings is 2. The summed E-state index contributed by atoms with van der Waals surface area (Å²) in [6.45, 7) is 0. The van der Waals surface area contributed by atoms with E-state index in [1.807, 2.05) is 42.5 Å². The molecule has 1 N–H and O–H groups in total. The van der Waals surface area contributed by atoms with E-state index in [9.17, 15) is 15.3 Å². The molecule has 2 aromatic heterocycles. The Bertz CT molecular complexity index is 1360. The number of aromatic amines is 1. The largest absolute Gasteiger partial charge is 0.328 e. The van der Waals surface area contributed by atoms with Crippen LogP contribution >= 0.6 is 0 Å². The third kappa shape index (κ3) is 3.37. The lowest BCUT2D eigenvalue weighted by atomic mass is 9.87. The van der Waals surface area contributed by atoms with E-state index in [0.29, 0.717) is 27.9 Å². The molecule has 4 rings (SSSR count). The lowest BCUT2D eigenvalue weighted by Crippen LogP contribution is -2.12. The molecule has 0 aliphatic carbocycles. The van der Waals surface area contributed by atoms with Crippen LogP contribution < -0.4 is 5.56 Å². The highest BCUT2D eigenvalue weighted by Crippen LogP contribution is 2.39. The van der Waals surface area contributed by atoms with Crippen molar-refractivity contribution < 1.29 is 0 Å². The van der Waals surface area contributed by atoms with E-state index in [4.69, 9.17) is 0 Å². The van der Waals surface area contributed by atoms with Crippen molar-refractivity contribution in [2.75, 3.05) is 0 Å². The number of H-pyrrole nitrogens is 1. The fourth-order valence-electron chi connectivity index (χ4n) is 3.59. The molecule has 2 aromatic carbocycles. The summed E-state index contributed by atoms with van der Waals surface area (Å²) in [5, 5.41) is 19.0. The number of nitrogens with one attached hydrogen (secondary N) is 1. The zero-order valence-corrected chi connectivity index (χ0v) is 16.0. The van der Waals surface area contributed by atoms with Crippen LogP contribution in [-0.4, -0.2) is 9.97 Å². The fraction of sp³-hybridized carbons (Fsp3) is 0.0400. The van der Waals surface area contributed by atoms with Crippen LogP contribution in [0.3, 0.4) is 0 Å². The summed E-state index contributed by atoms with van der Waals surface area (Å²) in [6, 6.07) is 24.5. The van der Waals surface area contributed by atoms with Gasteiger partial charge < -0.3 is 4.98 Å². The topological polar surface area (TPSA) is 93.3 Å². The number of hydrogen-bond acceptors (Lipinski definition) is 4. The van der Waals surface area contributed by atoms with Gasteiger partial charge in [0.15, 0.2) is 0 Å². The predicted molar refractivity (Wildman–Crippen MR) is 115 cm³/mol. The Morgan fingerprint density at radius 2 is 1.57 bits per heavy atom. The Kier molecular flexibility index (Phi) is 5.19. The lowest BCUT2D eigenvalue weighted by Gasteiger charge is -2.17. The Balaban J connectivity index is 2.17. The van der Waals surface area contributed by atoms with Crippen molar-refractivity contribution in [3.63, 3.8) is 0 Å². The molecule has 0 aliphatic rings. The molecule has 5 nitrogen and oxygen atoms in total. The Hall–Kier alpha value is -4.48. The van der Waals surface area contributed by atoms with Crippen molar-refractivity contribution in [2.45, 2.75) is 6.42 Å². The third-order valence-corrected chi connectivity index (χ3v) is 4.91. The molecule has 0 radical (unpaired) electrons. The van der Waals surface area contributed by atoms with Gasteiger partial charge in [-0.2, -0.15) is 10.5 Å². The Morgan fingerprint density at radius 3 is 2.30 bits per heavy atom. The number of aromatic nitrogens is 2. The first-order valence-electron chi connectivity index (χ1n) is 9.36. The van der Waals surface area contributed by atoms with Gasteiger partial charge in [0, 0.05) is 29.1 Å². The van der Waals surface area contributed by atoms with Crippen LogP contribution in [-0.2, 0) is 6.42 Å². The fourth-order valence-corrected chi connectivity index (χ4v) is 3.59. The quantitative estimate of drug-likeness (QED) is 0.548. The SMILES string of the molecule is N#CCc1ccccc1-c1c(-c2ccccn2)c[nH]c(=O)c1-c1ccccc1C#N. The van der Waals surface area contributed by atoms with Gasteiger partial charge in [0.2, 0.25) is 0 Å². The molecule has 142 valence electrons. The molecule has 0 spiro atoms. The molecule has 30 heavy (non-hydrogen) atoms. The number of rotatable bonds is 4. The molecule has 2 heterocycles. The van der Waals surface area contributed by atoms with E-state index < -0.39 is 0 Å². The van der Waals surface area contributed by atoms with E-state index in [1.54, 1.807) is 36.7 Å². The van der Waals surface area contributed by atoms with Crippen molar-refractivity contribution in [1.29, 1.82) is 10.5 Å². The van der Waals surface area contributed by atoms with Crippen molar-refractivity contribution in [2.24, 2.45) is 0 Å². The van der Waals surface area contributed by atoms with E-state index in [2.05, 4.69) is 22.1 Å². The summed E-state index contributed by atoms with van der Waals surface area (Å²) in [7, 11) is 0. The van der Waals surface area contributed by atoms with Crippen molar-refractivity contribution in [1.82, 2.24) is 9.97 Å². The van der Waals surface area contributed by atoms with Crippen LogP contribution in [0.2, 0.25) is 0 Å². The minimum atomic E-state index is -0.306. The molecule has 0 bridgehead atoms.